The quantitative estimate of drug-likeness (QED) is 0.417. The molecule has 0 radical (unpaired) electrons. The first-order valence-corrected chi connectivity index (χ1v) is 14.7. The molecule has 15 heteroatoms. The molecule has 11 nitrogen and oxygen atoms in total. The maximum Gasteiger partial charge on any atom is 0.417 e. The summed E-state index contributed by atoms with van der Waals surface area (Å²) in [6, 6.07) is 3.06. The lowest BCUT2D eigenvalue weighted by atomic mass is 9.97. The van der Waals surface area contributed by atoms with Crippen LogP contribution in [0.5, 0.6) is 0 Å². The fourth-order valence-corrected chi connectivity index (χ4v) is 6.16. The van der Waals surface area contributed by atoms with Crippen molar-refractivity contribution in [1.29, 1.82) is 0 Å². The maximum atomic E-state index is 13.5. The third-order valence-electron chi connectivity index (χ3n) is 7.28. The zero-order valence-corrected chi connectivity index (χ0v) is 23.1. The molecule has 1 atom stereocenters. The fraction of sp³-hybridized carbons (Fsp3) is 0.560. The normalized spacial score (nSPS) is 18.4. The van der Waals surface area contributed by atoms with Crippen LogP contribution in [0.3, 0.4) is 0 Å². The molecule has 40 heavy (non-hydrogen) atoms. The summed E-state index contributed by atoms with van der Waals surface area (Å²) in [4.78, 5) is 25.3. The maximum absolute atomic E-state index is 13.5. The number of alkyl halides is 3. The molecule has 220 valence electrons. The highest BCUT2D eigenvalue weighted by Gasteiger charge is 2.36. The predicted molar refractivity (Wildman–Crippen MR) is 139 cm³/mol. The second-order valence-corrected chi connectivity index (χ2v) is 12.3. The van der Waals surface area contributed by atoms with E-state index in [0.29, 0.717) is 30.9 Å². The Labute approximate surface area is 230 Å². The van der Waals surface area contributed by atoms with Gasteiger partial charge in [-0.2, -0.15) is 22.6 Å². The number of hydrogen-bond donors (Lipinski definition) is 3. The number of aliphatic hydroxyl groups is 1. The lowest BCUT2D eigenvalue weighted by molar-refractivity contribution is -0.137. The number of halogens is 3. The molecule has 2 aliphatic rings. The smallest absolute Gasteiger partial charge is 0.390 e. The first kappa shape index (κ1) is 30.0. The summed E-state index contributed by atoms with van der Waals surface area (Å²) < 4.78 is 67.8. The van der Waals surface area contributed by atoms with Crippen molar-refractivity contribution in [2.75, 3.05) is 32.4 Å². The molecule has 4 rings (SSSR count). The van der Waals surface area contributed by atoms with Crippen LogP contribution in [0.15, 0.2) is 18.2 Å². The van der Waals surface area contributed by atoms with Crippen LogP contribution in [0, 0.1) is 0 Å². The van der Waals surface area contributed by atoms with Gasteiger partial charge >= 0.3 is 6.18 Å². The van der Waals surface area contributed by atoms with E-state index in [9.17, 15) is 36.3 Å². The zero-order chi connectivity index (χ0) is 29.4. The minimum atomic E-state index is -4.80. The Balaban J connectivity index is 1.62. The molecule has 1 aromatic heterocycles. The van der Waals surface area contributed by atoms with Gasteiger partial charge < -0.3 is 21.1 Å². The lowest BCUT2D eigenvalue weighted by Gasteiger charge is -2.33. The van der Waals surface area contributed by atoms with Gasteiger partial charge in [-0.25, -0.2) is 8.42 Å². The highest BCUT2D eigenvalue weighted by molar-refractivity contribution is 7.88. The summed E-state index contributed by atoms with van der Waals surface area (Å²) in [7, 11) is -3.57. The van der Waals surface area contributed by atoms with Gasteiger partial charge in [-0.15, -0.1) is 0 Å². The van der Waals surface area contributed by atoms with E-state index in [2.05, 4.69) is 15.3 Å². The molecule has 2 amide bonds. The number of piperidine rings is 1. The Morgan fingerprint density at radius 3 is 2.45 bits per heavy atom. The molecule has 0 bridgehead atoms. The molecule has 0 saturated carbocycles. The number of carbonyl (C=O) groups is 2. The largest absolute Gasteiger partial charge is 0.417 e. The molecule has 4 N–H and O–H groups in total. The molecule has 3 heterocycles. The Kier molecular flexibility index (Phi) is 8.59. The fourth-order valence-electron chi connectivity index (χ4n) is 5.38. The van der Waals surface area contributed by atoms with Crippen molar-refractivity contribution in [1.82, 2.24) is 24.3 Å². The number of hydrogen-bond acceptors (Lipinski definition) is 7. The summed E-state index contributed by atoms with van der Waals surface area (Å²) in [5, 5.41) is 18.4. The highest BCUT2D eigenvalue weighted by Crippen LogP contribution is 2.36. The molecule has 0 spiro atoms. The van der Waals surface area contributed by atoms with Crippen LogP contribution in [0.4, 0.5) is 13.2 Å². The van der Waals surface area contributed by atoms with E-state index in [1.165, 1.54) is 17.3 Å². The summed E-state index contributed by atoms with van der Waals surface area (Å²) in [6.45, 7) is 3.41. The third kappa shape index (κ3) is 6.82. The number of β-amino-alcohol motifs (C(OH)–C–C–N with tert-alkyl or cyclic N) is 1. The lowest BCUT2D eigenvalue weighted by Crippen LogP contribution is -2.46. The molecular formula is C25H33F3N6O5S. The van der Waals surface area contributed by atoms with Crippen LogP contribution in [-0.2, 0) is 40.5 Å². The number of benzene rings is 1. The number of rotatable bonds is 8. The topological polar surface area (TPSA) is 151 Å². The van der Waals surface area contributed by atoms with Crippen LogP contribution < -0.4 is 11.1 Å². The minimum Gasteiger partial charge on any atom is -0.390 e. The SMILES string of the molecule is CC(=O)NC1CCN(CC(O)Cn2nc(-c3ccc(C(F)(F)F)c(C(N)=O)c3)c3c2CCN(S(C)(=O)=O)C3)CC1. The van der Waals surface area contributed by atoms with Gasteiger partial charge in [-0.1, -0.05) is 6.07 Å². The van der Waals surface area contributed by atoms with Crippen LogP contribution >= 0.6 is 0 Å². The number of sulfonamides is 1. The highest BCUT2D eigenvalue weighted by atomic mass is 32.2. The molecule has 1 saturated heterocycles. The molecule has 2 aromatic rings. The van der Waals surface area contributed by atoms with Gasteiger partial charge in [0, 0.05) is 68.9 Å². The van der Waals surface area contributed by atoms with Crippen LogP contribution in [0.2, 0.25) is 0 Å². The number of primary amides is 1. The first-order valence-electron chi connectivity index (χ1n) is 12.9. The Hall–Kier alpha value is -3.01. The number of aliphatic hydroxyl groups excluding tert-OH is 1. The molecular weight excluding hydrogens is 553 g/mol. The van der Waals surface area contributed by atoms with Crippen molar-refractivity contribution in [3.8, 4) is 11.3 Å². The van der Waals surface area contributed by atoms with Crippen molar-refractivity contribution in [2.45, 2.75) is 57.6 Å². The van der Waals surface area contributed by atoms with E-state index < -0.39 is 39.3 Å². The molecule has 1 fully saturated rings. The van der Waals surface area contributed by atoms with Crippen LogP contribution in [0.25, 0.3) is 11.3 Å². The second kappa shape index (κ2) is 11.5. The third-order valence-corrected chi connectivity index (χ3v) is 8.53. The van der Waals surface area contributed by atoms with E-state index in [1.54, 1.807) is 4.68 Å². The van der Waals surface area contributed by atoms with Gasteiger partial charge in [0.15, 0.2) is 0 Å². The molecule has 0 aliphatic carbocycles. The minimum absolute atomic E-state index is 0.0524. The molecule has 2 aliphatic heterocycles. The number of nitrogens with zero attached hydrogens (tertiary/aromatic N) is 4. The van der Waals surface area contributed by atoms with Gasteiger partial charge in [-0.05, 0) is 25.0 Å². The number of likely N-dealkylation sites (tertiary alicyclic amines) is 1. The monoisotopic (exact) mass is 586 g/mol. The zero-order valence-electron chi connectivity index (χ0n) is 22.2. The number of nitrogens with one attached hydrogen (secondary N) is 1. The standard InChI is InChI=1S/C25H33F3N6O5S/c1-15(35)30-17-5-8-32(9-6-17)12-18(36)13-34-22-7-10-33(40(2,38)39)14-20(22)23(31-34)16-3-4-21(25(26,27)28)19(11-16)24(29)37/h3-4,11,17-18,36H,5-10,12-14H2,1-2H3,(H2,29,37)(H,30,35). The molecule has 1 aromatic carbocycles. The van der Waals surface area contributed by atoms with E-state index in [4.69, 9.17) is 5.73 Å². The number of carbonyl (C=O) groups excluding carboxylic acids is 2. The molecule has 1 unspecified atom stereocenters. The average molecular weight is 587 g/mol. The average Bonchev–Trinajstić information content (AvgIpc) is 3.21. The van der Waals surface area contributed by atoms with Crippen molar-refractivity contribution in [3.63, 3.8) is 0 Å². The summed E-state index contributed by atoms with van der Waals surface area (Å²) in [5.74, 6) is -1.33. The van der Waals surface area contributed by atoms with Crippen molar-refractivity contribution in [3.05, 3.63) is 40.6 Å². The number of amides is 2. The van der Waals surface area contributed by atoms with E-state index >= 15 is 0 Å². The Morgan fingerprint density at radius 1 is 1.20 bits per heavy atom. The van der Waals surface area contributed by atoms with Crippen LogP contribution in [0.1, 0.15) is 46.9 Å². The number of aromatic nitrogens is 2. The predicted octanol–water partition coefficient (Wildman–Crippen LogP) is 0.947. The van der Waals surface area contributed by atoms with Crippen molar-refractivity contribution >= 4 is 21.8 Å². The van der Waals surface area contributed by atoms with E-state index in [1.807, 2.05) is 0 Å². The van der Waals surface area contributed by atoms with Crippen molar-refractivity contribution in [2.24, 2.45) is 5.73 Å². The van der Waals surface area contributed by atoms with Gasteiger partial charge in [0.2, 0.25) is 21.8 Å². The second-order valence-electron chi connectivity index (χ2n) is 10.4. The van der Waals surface area contributed by atoms with Gasteiger partial charge in [0.1, 0.15) is 0 Å². The van der Waals surface area contributed by atoms with E-state index in [-0.39, 0.29) is 49.3 Å². The van der Waals surface area contributed by atoms with Crippen molar-refractivity contribution < 1.29 is 36.3 Å². The number of nitrogens with two attached hydrogens (primary N) is 1. The first-order chi connectivity index (χ1) is 18.6. The van der Waals surface area contributed by atoms with Gasteiger partial charge in [-0.3, -0.25) is 14.3 Å². The number of fused-ring (bicyclic) bond motifs is 1. The van der Waals surface area contributed by atoms with Gasteiger partial charge in [0.05, 0.1) is 35.7 Å². The summed E-state index contributed by atoms with van der Waals surface area (Å²) >= 11 is 0. The van der Waals surface area contributed by atoms with Gasteiger partial charge in [0.25, 0.3) is 0 Å². The van der Waals surface area contributed by atoms with E-state index in [0.717, 1.165) is 31.2 Å². The van der Waals surface area contributed by atoms with Crippen LogP contribution in [-0.4, -0.2) is 88.9 Å². The summed E-state index contributed by atoms with van der Waals surface area (Å²) in [5.41, 5.74) is 4.94. The summed E-state index contributed by atoms with van der Waals surface area (Å²) in [6.07, 6.45) is -2.76. The Bertz CT molecular complexity index is 1390. The Morgan fingerprint density at radius 2 is 1.88 bits per heavy atom.